The van der Waals surface area contributed by atoms with Crippen LogP contribution in [0.25, 0.3) is 11.0 Å². The lowest BCUT2D eigenvalue weighted by atomic mass is 10.2. The van der Waals surface area contributed by atoms with Crippen molar-refractivity contribution in [2.75, 3.05) is 32.2 Å². The maximum atomic E-state index is 12.8. The molecule has 4 rings (SSSR count). The van der Waals surface area contributed by atoms with E-state index in [4.69, 9.17) is 4.74 Å². The number of morpholine rings is 1. The number of aromatic nitrogens is 3. The van der Waals surface area contributed by atoms with Crippen LogP contribution in [0.4, 0.5) is 0 Å². The quantitative estimate of drug-likeness (QED) is 0.492. The smallest absolute Gasteiger partial charge is 0.225 e. The summed E-state index contributed by atoms with van der Waals surface area (Å²) in [7, 11) is -3.56. The average Bonchev–Trinajstić information content (AvgIpc) is 3.13. The highest BCUT2D eigenvalue weighted by Gasteiger charge is 2.22. The zero-order valence-corrected chi connectivity index (χ0v) is 16.3. The highest BCUT2D eigenvalue weighted by Crippen LogP contribution is 2.15. The van der Waals surface area contributed by atoms with E-state index in [0.29, 0.717) is 32.3 Å². The van der Waals surface area contributed by atoms with Crippen LogP contribution < -0.4 is 0 Å². The van der Waals surface area contributed by atoms with Crippen molar-refractivity contribution in [2.45, 2.75) is 11.8 Å². The van der Waals surface area contributed by atoms with Gasteiger partial charge in [-0.1, -0.05) is 35.0 Å². The van der Waals surface area contributed by atoms with Crippen molar-refractivity contribution >= 4 is 26.8 Å². The molecule has 0 saturated carbocycles. The molecule has 0 radical (unpaired) electrons. The summed E-state index contributed by atoms with van der Waals surface area (Å²) in [6.07, 6.45) is 0. The molecule has 0 atom stereocenters. The van der Waals surface area contributed by atoms with Crippen molar-refractivity contribution in [3.05, 3.63) is 54.1 Å². The summed E-state index contributed by atoms with van der Waals surface area (Å²) in [5, 5.41) is 8.39. The largest absolute Gasteiger partial charge is 0.378 e. The molecule has 3 aromatic rings. The van der Waals surface area contributed by atoms with Gasteiger partial charge in [-0.3, -0.25) is 0 Å². The Hall–Kier alpha value is -2.78. The van der Waals surface area contributed by atoms with E-state index in [1.807, 2.05) is 36.1 Å². The average molecular weight is 399 g/mol. The number of nitrogens with zero attached hydrogens (tertiary/aromatic N) is 5. The minimum atomic E-state index is -3.56. The predicted octanol–water partition coefficient (Wildman–Crippen LogP) is 1.71. The van der Waals surface area contributed by atoms with Gasteiger partial charge in [0.05, 0.1) is 23.6 Å². The summed E-state index contributed by atoms with van der Waals surface area (Å²) in [5.41, 5.74) is 2.51. The molecule has 1 aromatic heterocycles. The number of hydrogen-bond acceptors (Lipinski definition) is 6. The Balaban J connectivity index is 1.72. The molecule has 1 saturated heterocycles. The molecular formula is C19H21N5O3S. The molecule has 0 spiro atoms. The number of rotatable bonds is 3. The fourth-order valence-corrected chi connectivity index (χ4v) is 4.03. The maximum absolute atomic E-state index is 12.8. The molecule has 1 aliphatic heterocycles. The number of aliphatic imine (C=N–C) groups is 1. The van der Waals surface area contributed by atoms with E-state index in [9.17, 15) is 8.42 Å². The summed E-state index contributed by atoms with van der Waals surface area (Å²) in [6.45, 7) is 4.24. The summed E-state index contributed by atoms with van der Waals surface area (Å²) in [5.74, 6) is 0.101. The van der Waals surface area contributed by atoms with Crippen molar-refractivity contribution in [2.24, 2.45) is 4.99 Å². The molecule has 0 aliphatic carbocycles. The first-order chi connectivity index (χ1) is 13.5. The number of fused-ring (bicyclic) bond motifs is 1. The minimum Gasteiger partial charge on any atom is -0.378 e. The number of aryl methyl sites for hydroxylation is 1. The highest BCUT2D eigenvalue weighted by atomic mass is 32.2. The fraction of sp³-hybridized carbons (Fsp3) is 0.316. The van der Waals surface area contributed by atoms with Crippen molar-refractivity contribution in [3.8, 4) is 0 Å². The molecular weight excluding hydrogens is 378 g/mol. The minimum absolute atomic E-state index is 0.256. The van der Waals surface area contributed by atoms with Crippen LogP contribution in [0, 0.1) is 6.92 Å². The molecule has 2 aromatic carbocycles. The number of hydrogen-bond donors (Lipinski definition) is 0. The lowest BCUT2D eigenvalue weighted by molar-refractivity contribution is 0.0664. The van der Waals surface area contributed by atoms with Gasteiger partial charge >= 0.3 is 0 Å². The van der Waals surface area contributed by atoms with Crippen LogP contribution in [0.15, 0.2) is 58.4 Å². The Labute approximate surface area is 163 Å². The van der Waals surface area contributed by atoms with Crippen LogP contribution in [0.5, 0.6) is 0 Å². The van der Waals surface area contributed by atoms with E-state index < -0.39 is 9.84 Å². The van der Waals surface area contributed by atoms with Gasteiger partial charge in [0, 0.05) is 13.1 Å². The summed E-state index contributed by atoms with van der Waals surface area (Å²) < 4.78 is 32.6. The predicted molar refractivity (Wildman–Crippen MR) is 106 cm³/mol. The van der Waals surface area contributed by atoms with Gasteiger partial charge in [0.15, 0.2) is 9.84 Å². The molecule has 2 heterocycles. The second-order valence-electron chi connectivity index (χ2n) is 6.60. The van der Waals surface area contributed by atoms with E-state index in [1.165, 1.54) is 0 Å². The van der Waals surface area contributed by atoms with Crippen LogP contribution in [0.3, 0.4) is 0 Å². The van der Waals surface area contributed by atoms with Crippen LogP contribution in [-0.2, 0) is 14.6 Å². The Kier molecular flexibility index (Phi) is 5.10. The molecule has 9 heteroatoms. The summed E-state index contributed by atoms with van der Waals surface area (Å²) in [6, 6.07) is 14.3. The Morgan fingerprint density at radius 2 is 1.82 bits per heavy atom. The molecule has 0 bridgehead atoms. The lowest BCUT2D eigenvalue weighted by Gasteiger charge is -2.29. The normalized spacial score (nSPS) is 15.9. The van der Waals surface area contributed by atoms with E-state index in [2.05, 4.69) is 15.3 Å². The van der Waals surface area contributed by atoms with Gasteiger partial charge in [-0.15, -0.1) is 5.10 Å². The maximum Gasteiger partial charge on any atom is 0.225 e. The zero-order valence-electron chi connectivity index (χ0n) is 15.5. The highest BCUT2D eigenvalue weighted by molar-refractivity contribution is 7.91. The van der Waals surface area contributed by atoms with Gasteiger partial charge in [-0.2, -0.15) is 4.68 Å². The zero-order chi connectivity index (χ0) is 19.6. The lowest BCUT2D eigenvalue weighted by Crippen LogP contribution is -2.44. The SMILES string of the molecule is Cc1ccc(S(=O)(=O)C/N=C(\N2CCOCC2)n2nnc3ccccc32)cc1. The number of para-hydroxylation sites is 1. The van der Waals surface area contributed by atoms with Crippen LogP contribution in [-0.4, -0.2) is 66.5 Å². The molecule has 0 amide bonds. The first kappa shape index (κ1) is 18.6. The second-order valence-corrected chi connectivity index (χ2v) is 8.56. The monoisotopic (exact) mass is 399 g/mol. The Bertz CT molecular complexity index is 1100. The van der Waals surface area contributed by atoms with E-state index in [0.717, 1.165) is 16.6 Å². The van der Waals surface area contributed by atoms with Crippen molar-refractivity contribution in [1.82, 2.24) is 19.9 Å². The van der Waals surface area contributed by atoms with Crippen molar-refractivity contribution < 1.29 is 13.2 Å². The Morgan fingerprint density at radius 3 is 2.57 bits per heavy atom. The molecule has 1 aliphatic rings. The van der Waals surface area contributed by atoms with Gasteiger partial charge in [0.2, 0.25) is 5.96 Å². The summed E-state index contributed by atoms with van der Waals surface area (Å²) >= 11 is 0. The molecule has 0 N–H and O–H groups in total. The van der Waals surface area contributed by atoms with Crippen molar-refractivity contribution in [1.29, 1.82) is 0 Å². The third-order valence-electron chi connectivity index (χ3n) is 4.59. The fourth-order valence-electron chi connectivity index (χ4n) is 3.04. The Morgan fingerprint density at radius 1 is 1.11 bits per heavy atom. The molecule has 146 valence electrons. The number of sulfone groups is 1. The molecule has 1 fully saturated rings. The second kappa shape index (κ2) is 7.69. The van der Waals surface area contributed by atoms with Gasteiger partial charge < -0.3 is 9.64 Å². The van der Waals surface area contributed by atoms with Crippen LogP contribution in [0.1, 0.15) is 5.56 Å². The van der Waals surface area contributed by atoms with Gasteiger partial charge in [-0.25, -0.2) is 13.4 Å². The third kappa shape index (κ3) is 3.76. The molecule has 0 unspecified atom stereocenters. The van der Waals surface area contributed by atoms with Crippen molar-refractivity contribution in [3.63, 3.8) is 0 Å². The van der Waals surface area contributed by atoms with Gasteiger partial charge in [0.25, 0.3) is 0 Å². The third-order valence-corrected chi connectivity index (χ3v) is 6.05. The van der Waals surface area contributed by atoms with Gasteiger partial charge in [0.1, 0.15) is 11.4 Å². The van der Waals surface area contributed by atoms with E-state index in [-0.39, 0.29) is 10.8 Å². The molecule has 8 nitrogen and oxygen atoms in total. The van der Waals surface area contributed by atoms with Gasteiger partial charge in [-0.05, 0) is 31.2 Å². The van der Waals surface area contributed by atoms with Crippen LogP contribution in [0.2, 0.25) is 0 Å². The molecule has 28 heavy (non-hydrogen) atoms. The first-order valence-corrected chi connectivity index (χ1v) is 10.7. The first-order valence-electron chi connectivity index (χ1n) is 9.02. The van der Waals surface area contributed by atoms with E-state index in [1.54, 1.807) is 28.9 Å². The number of benzene rings is 2. The number of ether oxygens (including phenoxy) is 1. The summed E-state index contributed by atoms with van der Waals surface area (Å²) in [4.78, 5) is 6.71. The standard InChI is InChI=1S/C19H21N5O3S/c1-15-6-8-16(9-7-15)28(25,26)14-20-19(23-10-12-27-13-11-23)24-18-5-3-2-4-17(18)21-22-24/h2-9H,10-14H2,1H3/b20-19+. The van der Waals surface area contributed by atoms with E-state index >= 15 is 0 Å². The van der Waals surface area contributed by atoms with Crippen LogP contribution >= 0.6 is 0 Å². The topological polar surface area (TPSA) is 89.7 Å².